The number of carbonyl (C=O) groups is 1. The molecule has 0 aromatic carbocycles. The molecule has 7 heteroatoms. The third-order valence-corrected chi connectivity index (χ3v) is 2.67. The number of nitrogen functional groups attached to an aromatic ring is 1. The van der Waals surface area contributed by atoms with Gasteiger partial charge in [0.25, 0.3) is 5.91 Å². The van der Waals surface area contributed by atoms with Crippen molar-refractivity contribution in [2.24, 2.45) is 0 Å². The van der Waals surface area contributed by atoms with Gasteiger partial charge in [-0.15, -0.1) is 0 Å². The summed E-state index contributed by atoms with van der Waals surface area (Å²) < 4.78 is 0. The van der Waals surface area contributed by atoms with Gasteiger partial charge in [-0.3, -0.25) is 15.0 Å². The maximum atomic E-state index is 11.9. The van der Waals surface area contributed by atoms with Gasteiger partial charge in [-0.2, -0.15) is 10.2 Å². The van der Waals surface area contributed by atoms with Crippen LogP contribution in [0.2, 0.25) is 0 Å². The average Bonchev–Trinajstić information content (AvgIpc) is 2.88. The summed E-state index contributed by atoms with van der Waals surface area (Å²) in [7, 11) is 0. The van der Waals surface area contributed by atoms with E-state index in [2.05, 4.69) is 25.7 Å². The van der Waals surface area contributed by atoms with Crippen molar-refractivity contribution < 1.29 is 4.79 Å². The molecule has 2 aromatic heterocycles. The van der Waals surface area contributed by atoms with E-state index in [1.165, 1.54) is 0 Å². The number of carbonyl (C=O) groups excluding carboxylic acids is 1. The van der Waals surface area contributed by atoms with Crippen LogP contribution in [0.5, 0.6) is 0 Å². The molecule has 5 N–H and O–H groups in total. The highest BCUT2D eigenvalue weighted by molar-refractivity contribution is 6.06. The molecular weight excluding hydrogens is 232 g/mol. The van der Waals surface area contributed by atoms with Crippen molar-refractivity contribution >= 4 is 17.4 Å². The van der Waals surface area contributed by atoms with E-state index in [9.17, 15) is 4.79 Å². The van der Waals surface area contributed by atoms with Gasteiger partial charge < -0.3 is 11.1 Å². The minimum atomic E-state index is -0.376. The number of aromatic amines is 2. The lowest BCUT2D eigenvalue weighted by atomic mass is 10.1. The molecule has 0 aliphatic rings. The first-order valence-corrected chi connectivity index (χ1v) is 5.66. The fourth-order valence-corrected chi connectivity index (χ4v) is 1.48. The molecule has 0 saturated carbocycles. The number of hydrogen-bond acceptors (Lipinski definition) is 4. The van der Waals surface area contributed by atoms with E-state index >= 15 is 0 Å². The quantitative estimate of drug-likeness (QED) is 0.657. The van der Waals surface area contributed by atoms with E-state index in [0.29, 0.717) is 23.1 Å². The number of anilines is 2. The summed E-state index contributed by atoms with van der Waals surface area (Å²) in [5, 5.41) is 16.0. The van der Waals surface area contributed by atoms with Gasteiger partial charge in [-0.25, -0.2) is 0 Å². The number of H-pyrrole nitrogens is 2. The van der Waals surface area contributed by atoms with Crippen LogP contribution in [-0.2, 0) is 0 Å². The van der Waals surface area contributed by atoms with Gasteiger partial charge >= 0.3 is 0 Å². The van der Waals surface area contributed by atoms with Crippen LogP contribution >= 0.6 is 0 Å². The summed E-state index contributed by atoms with van der Waals surface area (Å²) in [4.78, 5) is 11.9. The first-order chi connectivity index (χ1) is 8.49. The number of aromatic nitrogens is 4. The van der Waals surface area contributed by atoms with Gasteiger partial charge in [0.1, 0.15) is 0 Å². The standard InChI is InChI=1S/C11H16N6O/c1-5(2)7-4-8(16-15-7)13-11(18)10-9(12)6(3)14-17-10/h4-5H,12H2,1-3H3,(H,14,17)(H2,13,15,16,18). The molecular formula is C11H16N6O. The van der Waals surface area contributed by atoms with Crippen molar-refractivity contribution in [1.82, 2.24) is 20.4 Å². The van der Waals surface area contributed by atoms with Gasteiger partial charge in [0.15, 0.2) is 11.5 Å². The molecule has 96 valence electrons. The van der Waals surface area contributed by atoms with Gasteiger partial charge in [-0.05, 0) is 12.8 Å². The average molecular weight is 248 g/mol. The van der Waals surface area contributed by atoms with Crippen molar-refractivity contribution in [3.63, 3.8) is 0 Å². The molecule has 2 aromatic rings. The highest BCUT2D eigenvalue weighted by Gasteiger charge is 2.16. The first-order valence-electron chi connectivity index (χ1n) is 5.66. The largest absolute Gasteiger partial charge is 0.395 e. The number of nitrogens with zero attached hydrogens (tertiary/aromatic N) is 2. The summed E-state index contributed by atoms with van der Waals surface area (Å²) >= 11 is 0. The third kappa shape index (κ3) is 2.20. The molecule has 2 heterocycles. The van der Waals surface area contributed by atoms with Crippen molar-refractivity contribution in [2.45, 2.75) is 26.7 Å². The van der Waals surface area contributed by atoms with Gasteiger partial charge in [-0.1, -0.05) is 13.8 Å². The van der Waals surface area contributed by atoms with E-state index in [1.54, 1.807) is 13.0 Å². The second-order valence-corrected chi connectivity index (χ2v) is 4.43. The molecule has 7 nitrogen and oxygen atoms in total. The molecule has 0 fully saturated rings. The Morgan fingerprint density at radius 2 is 2.11 bits per heavy atom. The van der Waals surface area contributed by atoms with Crippen molar-refractivity contribution in [3.8, 4) is 0 Å². The van der Waals surface area contributed by atoms with Gasteiger partial charge in [0.2, 0.25) is 0 Å². The predicted octanol–water partition coefficient (Wildman–Crippen LogP) is 1.40. The van der Waals surface area contributed by atoms with Crippen molar-refractivity contribution in [2.75, 3.05) is 11.1 Å². The maximum absolute atomic E-state index is 11.9. The Morgan fingerprint density at radius 1 is 1.39 bits per heavy atom. The molecule has 0 bridgehead atoms. The van der Waals surface area contributed by atoms with Crippen LogP contribution in [0.1, 0.15) is 41.6 Å². The van der Waals surface area contributed by atoms with Crippen LogP contribution in [0.3, 0.4) is 0 Å². The molecule has 2 rings (SSSR count). The number of aryl methyl sites for hydroxylation is 1. The molecule has 1 amide bonds. The Labute approximate surface area is 104 Å². The summed E-state index contributed by atoms with van der Waals surface area (Å²) in [6.07, 6.45) is 0. The molecule has 0 unspecified atom stereocenters. The zero-order valence-electron chi connectivity index (χ0n) is 10.5. The van der Waals surface area contributed by atoms with Crippen LogP contribution < -0.4 is 11.1 Å². The number of amides is 1. The van der Waals surface area contributed by atoms with Crippen LogP contribution in [0.15, 0.2) is 6.07 Å². The molecule has 0 saturated heterocycles. The Bertz CT molecular complexity index is 568. The Balaban J connectivity index is 2.14. The first kappa shape index (κ1) is 12.2. The molecule has 0 spiro atoms. The van der Waals surface area contributed by atoms with Crippen LogP contribution in [0.4, 0.5) is 11.5 Å². The number of rotatable bonds is 3. The summed E-state index contributed by atoms with van der Waals surface area (Å²) in [5.41, 5.74) is 7.89. The minimum Gasteiger partial charge on any atom is -0.395 e. The van der Waals surface area contributed by atoms with Gasteiger partial charge in [0, 0.05) is 11.8 Å². The SMILES string of the molecule is Cc1[nH]nc(C(=O)Nc2cc(C(C)C)[nH]n2)c1N. The molecule has 0 radical (unpaired) electrons. The second kappa shape index (κ2) is 4.52. The summed E-state index contributed by atoms with van der Waals surface area (Å²) in [6, 6.07) is 1.79. The van der Waals surface area contributed by atoms with Crippen molar-refractivity contribution in [1.29, 1.82) is 0 Å². The normalized spacial score (nSPS) is 10.9. The topological polar surface area (TPSA) is 112 Å². The van der Waals surface area contributed by atoms with Crippen LogP contribution in [0.25, 0.3) is 0 Å². The molecule has 0 aliphatic carbocycles. The zero-order valence-corrected chi connectivity index (χ0v) is 10.5. The van der Waals surface area contributed by atoms with E-state index in [4.69, 9.17) is 5.73 Å². The molecule has 18 heavy (non-hydrogen) atoms. The van der Waals surface area contributed by atoms with Crippen LogP contribution in [-0.4, -0.2) is 26.3 Å². The summed E-state index contributed by atoms with van der Waals surface area (Å²) in [5.74, 6) is 0.406. The van der Waals surface area contributed by atoms with Crippen molar-refractivity contribution in [3.05, 3.63) is 23.1 Å². The number of nitrogens with two attached hydrogens (primary N) is 1. The molecule has 0 aliphatic heterocycles. The fraction of sp³-hybridized carbons (Fsp3) is 0.364. The van der Waals surface area contributed by atoms with E-state index in [1.807, 2.05) is 13.8 Å². The fourth-order valence-electron chi connectivity index (χ4n) is 1.48. The van der Waals surface area contributed by atoms with E-state index < -0.39 is 0 Å². The third-order valence-electron chi connectivity index (χ3n) is 2.67. The van der Waals surface area contributed by atoms with E-state index in [0.717, 1.165) is 5.69 Å². The highest BCUT2D eigenvalue weighted by atomic mass is 16.2. The monoisotopic (exact) mass is 248 g/mol. The lowest BCUT2D eigenvalue weighted by Gasteiger charge is -1.99. The van der Waals surface area contributed by atoms with E-state index in [-0.39, 0.29) is 11.6 Å². The summed E-state index contributed by atoms with van der Waals surface area (Å²) in [6.45, 7) is 5.83. The Hall–Kier alpha value is -2.31. The second-order valence-electron chi connectivity index (χ2n) is 4.43. The lowest BCUT2D eigenvalue weighted by molar-refractivity contribution is 0.102. The Morgan fingerprint density at radius 3 is 2.61 bits per heavy atom. The predicted molar refractivity (Wildman–Crippen MR) is 68.4 cm³/mol. The maximum Gasteiger partial charge on any atom is 0.279 e. The lowest BCUT2D eigenvalue weighted by Crippen LogP contribution is -2.14. The van der Waals surface area contributed by atoms with Gasteiger partial charge in [0.05, 0.1) is 11.4 Å². The number of nitrogens with one attached hydrogen (secondary N) is 3. The van der Waals surface area contributed by atoms with Crippen LogP contribution in [0, 0.1) is 6.92 Å². The minimum absolute atomic E-state index is 0.182. The zero-order chi connectivity index (χ0) is 13.3. The Kier molecular flexibility index (Phi) is 3.05. The highest BCUT2D eigenvalue weighted by Crippen LogP contribution is 2.17. The molecule has 0 atom stereocenters. The smallest absolute Gasteiger partial charge is 0.279 e. The number of hydrogen-bond donors (Lipinski definition) is 4.